The van der Waals surface area contributed by atoms with Crippen LogP contribution in [0.5, 0.6) is 0 Å². The van der Waals surface area contributed by atoms with E-state index in [1.54, 1.807) is 19.9 Å². The van der Waals surface area contributed by atoms with Crippen LogP contribution in [0.4, 0.5) is 0 Å². The van der Waals surface area contributed by atoms with Crippen molar-refractivity contribution in [2.75, 3.05) is 0 Å². The summed E-state index contributed by atoms with van der Waals surface area (Å²) in [4.78, 5) is 35.8. The molecular formula is C19H30O6. The quantitative estimate of drug-likeness (QED) is 0.354. The van der Waals surface area contributed by atoms with Gasteiger partial charge in [-0.1, -0.05) is 51.2 Å². The molecule has 0 aromatic rings. The van der Waals surface area contributed by atoms with Crippen molar-refractivity contribution in [2.24, 2.45) is 23.7 Å². The highest BCUT2D eigenvalue weighted by Gasteiger charge is 2.48. The van der Waals surface area contributed by atoms with Gasteiger partial charge >= 0.3 is 17.9 Å². The van der Waals surface area contributed by atoms with Crippen molar-refractivity contribution in [1.29, 1.82) is 0 Å². The fourth-order valence-corrected chi connectivity index (χ4v) is 3.43. The number of unbranched alkanes of at least 4 members (excludes halogenated alkanes) is 4. The molecule has 2 N–H and O–H groups in total. The van der Waals surface area contributed by atoms with Crippen LogP contribution in [0.1, 0.15) is 59.3 Å². The van der Waals surface area contributed by atoms with Crippen molar-refractivity contribution in [2.45, 2.75) is 65.4 Å². The van der Waals surface area contributed by atoms with Gasteiger partial charge in [-0.3, -0.25) is 14.4 Å². The molecule has 0 aromatic carbocycles. The fraction of sp³-hybridized carbons (Fsp3) is 0.737. The lowest BCUT2D eigenvalue weighted by Crippen LogP contribution is -2.45. The van der Waals surface area contributed by atoms with Gasteiger partial charge in [0, 0.05) is 0 Å². The van der Waals surface area contributed by atoms with Gasteiger partial charge < -0.3 is 14.9 Å². The van der Waals surface area contributed by atoms with Crippen LogP contribution < -0.4 is 0 Å². The lowest BCUT2D eigenvalue weighted by molar-refractivity contribution is -0.168. The minimum Gasteiger partial charge on any atom is -0.481 e. The number of rotatable bonds is 10. The largest absolute Gasteiger partial charge is 0.481 e. The molecule has 0 aliphatic heterocycles. The fourth-order valence-electron chi connectivity index (χ4n) is 3.43. The zero-order valence-electron chi connectivity index (χ0n) is 15.3. The Bertz CT molecular complexity index is 496. The normalized spacial score (nSPS) is 25.8. The van der Waals surface area contributed by atoms with Crippen molar-refractivity contribution >= 4 is 17.9 Å². The van der Waals surface area contributed by atoms with Gasteiger partial charge in [0.15, 0.2) is 0 Å². The first-order valence-corrected chi connectivity index (χ1v) is 9.14. The van der Waals surface area contributed by atoms with E-state index in [0.29, 0.717) is 6.42 Å². The molecule has 25 heavy (non-hydrogen) atoms. The lowest BCUT2D eigenvalue weighted by Gasteiger charge is -2.34. The van der Waals surface area contributed by atoms with Crippen LogP contribution in [-0.2, 0) is 19.1 Å². The summed E-state index contributed by atoms with van der Waals surface area (Å²) in [6, 6.07) is 0. The van der Waals surface area contributed by atoms with Crippen molar-refractivity contribution in [3.8, 4) is 0 Å². The van der Waals surface area contributed by atoms with Crippen LogP contribution in [0.3, 0.4) is 0 Å². The third-order valence-corrected chi connectivity index (χ3v) is 4.64. The Hall–Kier alpha value is -1.85. The van der Waals surface area contributed by atoms with Crippen LogP contribution in [0.15, 0.2) is 12.2 Å². The molecule has 0 amide bonds. The monoisotopic (exact) mass is 354 g/mol. The number of carboxylic acid groups (broad SMARTS) is 2. The van der Waals surface area contributed by atoms with E-state index in [-0.39, 0.29) is 5.92 Å². The molecule has 0 saturated heterocycles. The average molecular weight is 354 g/mol. The van der Waals surface area contributed by atoms with Crippen LogP contribution in [0.2, 0.25) is 0 Å². The van der Waals surface area contributed by atoms with Gasteiger partial charge in [0.2, 0.25) is 0 Å². The average Bonchev–Trinajstić information content (AvgIpc) is 2.52. The molecule has 142 valence electrons. The molecule has 1 aliphatic carbocycles. The first-order valence-electron chi connectivity index (χ1n) is 9.14. The molecule has 6 nitrogen and oxygen atoms in total. The van der Waals surface area contributed by atoms with Gasteiger partial charge in [-0.2, -0.15) is 0 Å². The highest BCUT2D eigenvalue weighted by Crippen LogP contribution is 2.38. The van der Waals surface area contributed by atoms with Crippen LogP contribution in [0.25, 0.3) is 0 Å². The summed E-state index contributed by atoms with van der Waals surface area (Å²) in [5, 5.41) is 19.1. The summed E-state index contributed by atoms with van der Waals surface area (Å²) in [5.74, 6) is -6.85. The minimum atomic E-state index is -1.20. The number of carboxylic acids is 2. The molecule has 0 heterocycles. The number of carbonyl (C=O) groups is 3. The van der Waals surface area contributed by atoms with Gasteiger partial charge in [0.1, 0.15) is 0 Å². The molecule has 1 rings (SSSR count). The molecule has 0 radical (unpaired) electrons. The Labute approximate surface area is 149 Å². The number of carbonyl (C=O) groups excluding carboxylic acids is 1. The predicted molar refractivity (Wildman–Crippen MR) is 93.0 cm³/mol. The third-order valence-electron chi connectivity index (χ3n) is 4.64. The number of esters is 1. The maximum Gasteiger partial charge on any atom is 0.311 e. The van der Waals surface area contributed by atoms with Crippen LogP contribution in [-0.4, -0.2) is 34.2 Å². The number of ether oxygens (including phenoxy) is 1. The topological polar surface area (TPSA) is 101 Å². The molecule has 6 heteroatoms. The van der Waals surface area contributed by atoms with E-state index < -0.39 is 41.8 Å². The maximum absolute atomic E-state index is 12.4. The lowest BCUT2D eigenvalue weighted by atomic mass is 9.69. The molecule has 4 unspecified atom stereocenters. The molecule has 4 atom stereocenters. The SMILES string of the molecule is CCCCCCCC1C=CC(C(=O)O)C(C(=O)OC(C)C)C1C(=O)O. The van der Waals surface area contributed by atoms with Crippen molar-refractivity contribution < 1.29 is 29.3 Å². The van der Waals surface area contributed by atoms with E-state index in [1.807, 2.05) is 0 Å². The molecule has 0 bridgehead atoms. The molecule has 0 fully saturated rings. The Morgan fingerprint density at radius 3 is 2.12 bits per heavy atom. The predicted octanol–water partition coefficient (Wildman–Crippen LogP) is 3.50. The first-order chi connectivity index (χ1) is 11.8. The second kappa shape index (κ2) is 10.2. The number of hydrogen-bond acceptors (Lipinski definition) is 4. The molecule has 0 saturated carbocycles. The van der Waals surface area contributed by atoms with Crippen LogP contribution in [0, 0.1) is 23.7 Å². The summed E-state index contributed by atoms with van der Waals surface area (Å²) >= 11 is 0. The summed E-state index contributed by atoms with van der Waals surface area (Å²) in [6.45, 7) is 5.45. The Kier molecular flexibility index (Phi) is 8.66. The maximum atomic E-state index is 12.4. The Balaban J connectivity index is 2.95. The van der Waals surface area contributed by atoms with Crippen molar-refractivity contribution in [3.63, 3.8) is 0 Å². The van der Waals surface area contributed by atoms with Crippen LogP contribution >= 0.6 is 0 Å². The van der Waals surface area contributed by atoms with Gasteiger partial charge in [0.25, 0.3) is 0 Å². The standard InChI is InChI=1S/C19H30O6/c1-4-5-6-7-8-9-13-10-11-14(17(20)21)16(15(13)18(22)23)19(24)25-12(2)3/h10-16H,4-9H2,1-3H3,(H,20,21)(H,22,23). The number of aliphatic carboxylic acids is 2. The Morgan fingerprint density at radius 2 is 1.60 bits per heavy atom. The highest BCUT2D eigenvalue weighted by molar-refractivity contribution is 5.88. The van der Waals surface area contributed by atoms with Gasteiger partial charge in [-0.25, -0.2) is 0 Å². The van der Waals surface area contributed by atoms with Crippen molar-refractivity contribution in [1.82, 2.24) is 0 Å². The second-order valence-corrected chi connectivity index (χ2v) is 6.99. The van der Waals surface area contributed by atoms with E-state index in [4.69, 9.17) is 4.74 Å². The summed E-state index contributed by atoms with van der Waals surface area (Å²) in [5.41, 5.74) is 0. The van der Waals surface area contributed by atoms with Gasteiger partial charge in [-0.05, 0) is 26.2 Å². The molecule has 0 spiro atoms. The zero-order valence-corrected chi connectivity index (χ0v) is 15.3. The second-order valence-electron chi connectivity index (χ2n) is 6.99. The van der Waals surface area contributed by atoms with E-state index >= 15 is 0 Å². The van der Waals surface area contributed by atoms with E-state index in [1.165, 1.54) is 6.08 Å². The van der Waals surface area contributed by atoms with Gasteiger partial charge in [-0.15, -0.1) is 0 Å². The van der Waals surface area contributed by atoms with E-state index in [9.17, 15) is 24.6 Å². The molecular weight excluding hydrogens is 324 g/mol. The molecule has 1 aliphatic rings. The third kappa shape index (κ3) is 6.18. The number of allylic oxidation sites excluding steroid dienone is 1. The zero-order chi connectivity index (χ0) is 19.0. The smallest absolute Gasteiger partial charge is 0.311 e. The van der Waals surface area contributed by atoms with E-state index in [2.05, 4.69) is 6.92 Å². The Morgan fingerprint density at radius 1 is 0.960 bits per heavy atom. The summed E-state index contributed by atoms with van der Waals surface area (Å²) in [6.07, 6.45) is 8.58. The van der Waals surface area contributed by atoms with E-state index in [0.717, 1.165) is 32.1 Å². The first kappa shape index (κ1) is 21.2. The van der Waals surface area contributed by atoms with Gasteiger partial charge in [0.05, 0.1) is 23.9 Å². The summed E-state index contributed by atoms with van der Waals surface area (Å²) in [7, 11) is 0. The minimum absolute atomic E-state index is 0.348. The summed E-state index contributed by atoms with van der Waals surface area (Å²) < 4.78 is 5.16. The van der Waals surface area contributed by atoms with Crippen molar-refractivity contribution in [3.05, 3.63) is 12.2 Å². The molecule has 0 aromatic heterocycles. The number of hydrogen-bond donors (Lipinski definition) is 2. The highest BCUT2D eigenvalue weighted by atomic mass is 16.5.